The van der Waals surface area contributed by atoms with Crippen LogP contribution in [-0.4, -0.2) is 61.8 Å². The zero-order valence-electron chi connectivity index (χ0n) is 12.7. The molecule has 0 spiro atoms. The van der Waals surface area contributed by atoms with Crippen LogP contribution in [0.4, 0.5) is 0 Å². The second-order valence-electron chi connectivity index (χ2n) is 5.11. The summed E-state index contributed by atoms with van der Waals surface area (Å²) in [6.45, 7) is 8.40. The third-order valence-corrected chi connectivity index (χ3v) is 4.19. The number of aromatic nitrogens is 1. The molecule has 0 bridgehead atoms. The minimum atomic E-state index is 0.531. The minimum Gasteiger partial charge on any atom is -0.379 e. The predicted molar refractivity (Wildman–Crippen MR) is 86.9 cm³/mol. The summed E-state index contributed by atoms with van der Waals surface area (Å²) in [6.07, 6.45) is 1.92. The molecule has 1 aliphatic rings. The summed E-state index contributed by atoms with van der Waals surface area (Å²) in [5.74, 6) is 0.531. The molecule has 2 rings (SSSR count). The summed E-state index contributed by atoms with van der Waals surface area (Å²) in [4.78, 5) is 11.2. The Morgan fingerprint density at radius 3 is 3.05 bits per heavy atom. The fourth-order valence-electron chi connectivity index (χ4n) is 2.22. The van der Waals surface area contributed by atoms with E-state index in [1.807, 2.05) is 6.92 Å². The van der Waals surface area contributed by atoms with Crippen LogP contribution in [0.3, 0.4) is 0 Å². The number of thiazole rings is 1. The molecule has 0 aliphatic carbocycles. The molecule has 118 valence electrons. The lowest BCUT2D eigenvalue weighted by atomic mass is 10.3. The lowest BCUT2D eigenvalue weighted by molar-refractivity contribution is 0.0377. The molecule has 3 N–H and O–H groups in total. The summed E-state index contributed by atoms with van der Waals surface area (Å²) >= 11 is 1.68. The average molecular weight is 311 g/mol. The van der Waals surface area contributed by atoms with Gasteiger partial charge in [-0.15, -0.1) is 11.3 Å². The first-order chi connectivity index (χ1) is 10.2. The van der Waals surface area contributed by atoms with Gasteiger partial charge in [-0.25, -0.2) is 4.98 Å². The molecule has 2 heterocycles. The second kappa shape index (κ2) is 8.96. The highest BCUT2D eigenvalue weighted by Crippen LogP contribution is 2.07. The third-order valence-electron chi connectivity index (χ3n) is 3.37. The quantitative estimate of drug-likeness (QED) is 0.439. The van der Waals surface area contributed by atoms with Crippen LogP contribution in [0.2, 0.25) is 0 Å². The van der Waals surface area contributed by atoms with Gasteiger partial charge < -0.3 is 15.8 Å². The summed E-state index contributed by atoms with van der Waals surface area (Å²) in [5.41, 5.74) is 6.97. The van der Waals surface area contributed by atoms with E-state index >= 15 is 0 Å². The van der Waals surface area contributed by atoms with Crippen LogP contribution in [-0.2, 0) is 11.2 Å². The van der Waals surface area contributed by atoms with E-state index in [2.05, 4.69) is 25.6 Å². The first-order valence-electron chi connectivity index (χ1n) is 7.49. The molecule has 0 radical (unpaired) electrons. The Labute approximate surface area is 130 Å². The summed E-state index contributed by atoms with van der Waals surface area (Å²) in [6, 6.07) is 0. The zero-order chi connectivity index (χ0) is 14.9. The fraction of sp³-hybridized carbons (Fsp3) is 0.714. The van der Waals surface area contributed by atoms with Crippen LogP contribution in [0, 0.1) is 6.92 Å². The van der Waals surface area contributed by atoms with Gasteiger partial charge in [0.15, 0.2) is 5.96 Å². The van der Waals surface area contributed by atoms with Gasteiger partial charge in [0.2, 0.25) is 0 Å². The van der Waals surface area contributed by atoms with Crippen LogP contribution in [0.5, 0.6) is 0 Å². The molecule has 1 aromatic rings. The maximum atomic E-state index is 5.85. The van der Waals surface area contributed by atoms with Crippen molar-refractivity contribution in [2.75, 3.05) is 45.9 Å². The van der Waals surface area contributed by atoms with Crippen molar-refractivity contribution in [1.29, 1.82) is 0 Å². The average Bonchev–Trinajstić information content (AvgIpc) is 2.90. The van der Waals surface area contributed by atoms with Crippen LogP contribution < -0.4 is 11.1 Å². The molecule has 21 heavy (non-hydrogen) atoms. The number of rotatable bonds is 7. The number of nitrogens with zero attached hydrogens (tertiary/aromatic N) is 3. The number of hydrogen-bond acceptors (Lipinski definition) is 5. The monoisotopic (exact) mass is 311 g/mol. The number of nitrogens with one attached hydrogen (secondary N) is 1. The molecule has 1 saturated heterocycles. The van der Waals surface area contributed by atoms with Gasteiger partial charge in [0.25, 0.3) is 0 Å². The van der Waals surface area contributed by atoms with Gasteiger partial charge in [-0.2, -0.15) is 0 Å². The molecule has 0 saturated carbocycles. The summed E-state index contributed by atoms with van der Waals surface area (Å²) in [5, 5.41) is 6.33. The van der Waals surface area contributed by atoms with Crippen LogP contribution in [0.15, 0.2) is 10.4 Å². The Balaban J connectivity index is 1.54. The third kappa shape index (κ3) is 6.41. The number of nitrogens with two attached hydrogens (primary N) is 1. The number of guanidine groups is 1. The van der Waals surface area contributed by atoms with Gasteiger partial charge in [0.1, 0.15) is 0 Å². The van der Waals surface area contributed by atoms with Crippen molar-refractivity contribution in [1.82, 2.24) is 15.2 Å². The van der Waals surface area contributed by atoms with Crippen molar-refractivity contribution in [3.63, 3.8) is 0 Å². The lowest BCUT2D eigenvalue weighted by Crippen LogP contribution is -2.37. The van der Waals surface area contributed by atoms with E-state index in [1.165, 1.54) is 0 Å². The normalized spacial score (nSPS) is 17.1. The van der Waals surface area contributed by atoms with E-state index in [-0.39, 0.29) is 0 Å². The first-order valence-corrected chi connectivity index (χ1v) is 8.37. The smallest absolute Gasteiger partial charge is 0.188 e. The Morgan fingerprint density at radius 1 is 1.52 bits per heavy atom. The number of ether oxygens (including phenoxy) is 1. The van der Waals surface area contributed by atoms with E-state index in [0.29, 0.717) is 5.96 Å². The molecule has 1 aliphatic heterocycles. The maximum absolute atomic E-state index is 5.85. The van der Waals surface area contributed by atoms with E-state index in [1.54, 1.807) is 11.3 Å². The Kier molecular flexibility index (Phi) is 6.91. The SMILES string of the molecule is Cc1nc(CCNC(N)=NCCCN2CCOCC2)cs1. The van der Waals surface area contributed by atoms with Crippen LogP contribution in [0.1, 0.15) is 17.1 Å². The van der Waals surface area contributed by atoms with E-state index in [4.69, 9.17) is 10.5 Å². The van der Waals surface area contributed by atoms with Crippen molar-refractivity contribution in [3.05, 3.63) is 16.1 Å². The fourth-order valence-corrected chi connectivity index (χ4v) is 2.86. The molecule has 0 unspecified atom stereocenters. The summed E-state index contributed by atoms with van der Waals surface area (Å²) in [7, 11) is 0. The number of hydrogen-bond donors (Lipinski definition) is 2. The number of aryl methyl sites for hydroxylation is 1. The van der Waals surface area contributed by atoms with Crippen molar-refractivity contribution >= 4 is 17.3 Å². The number of morpholine rings is 1. The van der Waals surface area contributed by atoms with Crippen LogP contribution >= 0.6 is 11.3 Å². The van der Waals surface area contributed by atoms with Gasteiger partial charge in [-0.3, -0.25) is 9.89 Å². The van der Waals surface area contributed by atoms with Crippen molar-refractivity contribution in [3.8, 4) is 0 Å². The molecule has 1 fully saturated rings. The standard InChI is InChI=1S/C14H25N5OS/c1-12-18-13(11-21-12)3-5-17-14(15)16-4-2-6-19-7-9-20-10-8-19/h11H,2-10H2,1H3,(H3,15,16,17). The van der Waals surface area contributed by atoms with Gasteiger partial charge in [-0.05, 0) is 13.3 Å². The predicted octanol–water partition coefficient (Wildman–Crippen LogP) is 0.621. The van der Waals surface area contributed by atoms with Gasteiger partial charge in [0, 0.05) is 44.5 Å². The molecule has 7 heteroatoms. The Morgan fingerprint density at radius 2 is 2.33 bits per heavy atom. The molecule has 1 aromatic heterocycles. The largest absolute Gasteiger partial charge is 0.379 e. The highest BCUT2D eigenvalue weighted by Gasteiger charge is 2.08. The zero-order valence-corrected chi connectivity index (χ0v) is 13.5. The molecule has 0 amide bonds. The van der Waals surface area contributed by atoms with Gasteiger partial charge in [-0.1, -0.05) is 0 Å². The Bertz CT molecular complexity index is 442. The van der Waals surface area contributed by atoms with Crippen molar-refractivity contribution < 1.29 is 4.74 Å². The van der Waals surface area contributed by atoms with Gasteiger partial charge in [0.05, 0.1) is 23.9 Å². The molecule has 0 atom stereocenters. The highest BCUT2D eigenvalue weighted by molar-refractivity contribution is 7.09. The topological polar surface area (TPSA) is 75.8 Å². The number of aliphatic imine (C=N–C) groups is 1. The maximum Gasteiger partial charge on any atom is 0.188 e. The van der Waals surface area contributed by atoms with E-state index in [0.717, 1.165) is 69.5 Å². The summed E-state index contributed by atoms with van der Waals surface area (Å²) < 4.78 is 5.32. The second-order valence-corrected chi connectivity index (χ2v) is 6.17. The van der Waals surface area contributed by atoms with E-state index < -0.39 is 0 Å². The van der Waals surface area contributed by atoms with Gasteiger partial charge >= 0.3 is 0 Å². The Hall–Kier alpha value is -1.18. The van der Waals surface area contributed by atoms with E-state index in [9.17, 15) is 0 Å². The highest BCUT2D eigenvalue weighted by atomic mass is 32.1. The first kappa shape index (κ1) is 16.2. The van der Waals surface area contributed by atoms with Crippen molar-refractivity contribution in [2.45, 2.75) is 19.8 Å². The lowest BCUT2D eigenvalue weighted by Gasteiger charge is -2.26. The molecule has 6 nitrogen and oxygen atoms in total. The van der Waals surface area contributed by atoms with Crippen molar-refractivity contribution in [2.24, 2.45) is 10.7 Å². The minimum absolute atomic E-state index is 0.531. The molecular weight excluding hydrogens is 286 g/mol. The van der Waals surface area contributed by atoms with Crippen LogP contribution in [0.25, 0.3) is 0 Å². The molecular formula is C14H25N5OS. The molecule has 0 aromatic carbocycles.